The Hall–Kier alpha value is -2.49. The summed E-state index contributed by atoms with van der Waals surface area (Å²) in [7, 11) is 0. The molecule has 0 aliphatic rings. The van der Waals surface area contributed by atoms with E-state index in [2.05, 4.69) is 65.9 Å². The molecule has 0 saturated carbocycles. The van der Waals surface area contributed by atoms with Crippen LogP contribution in [0.4, 0.5) is 5.69 Å². The SMILES string of the molecule is CCCCCCCCCCOc1ccc(NC(=O)CCc2cc(C(C)(C)C)c(O)c(C(C)(C)C)c2)cc1C. The second-order valence-corrected chi connectivity index (χ2v) is 12.9. The molecule has 0 aromatic heterocycles. The molecule has 0 aliphatic heterocycles. The Morgan fingerprint density at radius 2 is 1.39 bits per heavy atom. The van der Waals surface area contributed by atoms with Crippen LogP contribution in [0.15, 0.2) is 30.3 Å². The number of amides is 1. The molecule has 4 heteroatoms. The molecule has 1 amide bonds. The van der Waals surface area contributed by atoms with Gasteiger partial charge >= 0.3 is 0 Å². The van der Waals surface area contributed by atoms with Crippen LogP contribution in [-0.2, 0) is 22.0 Å². The number of phenols is 1. The fourth-order valence-corrected chi connectivity index (χ4v) is 4.77. The highest BCUT2D eigenvalue weighted by atomic mass is 16.5. The molecule has 0 unspecified atom stereocenters. The van der Waals surface area contributed by atoms with Gasteiger partial charge in [-0.3, -0.25) is 4.79 Å². The number of carbonyl (C=O) groups excluding carboxylic acids is 1. The first-order valence-electron chi connectivity index (χ1n) is 14.7. The van der Waals surface area contributed by atoms with Gasteiger partial charge in [0.1, 0.15) is 11.5 Å². The maximum Gasteiger partial charge on any atom is 0.224 e. The predicted octanol–water partition coefficient (Wildman–Crippen LogP) is 9.39. The number of anilines is 1. The van der Waals surface area contributed by atoms with Crippen molar-refractivity contribution in [3.8, 4) is 11.5 Å². The predicted molar refractivity (Wildman–Crippen MR) is 162 cm³/mol. The van der Waals surface area contributed by atoms with E-state index in [1.807, 2.05) is 25.1 Å². The van der Waals surface area contributed by atoms with Crippen LogP contribution < -0.4 is 10.1 Å². The normalized spacial score (nSPS) is 12.0. The summed E-state index contributed by atoms with van der Waals surface area (Å²) in [4.78, 5) is 12.8. The van der Waals surface area contributed by atoms with Gasteiger partial charge in [0.15, 0.2) is 0 Å². The molecule has 0 heterocycles. The van der Waals surface area contributed by atoms with Gasteiger partial charge in [0.05, 0.1) is 6.61 Å². The third kappa shape index (κ3) is 10.3. The Kier molecular flexibility index (Phi) is 12.2. The summed E-state index contributed by atoms with van der Waals surface area (Å²) in [5, 5.41) is 14.0. The lowest BCUT2D eigenvalue weighted by atomic mass is 9.78. The molecule has 2 rings (SSSR count). The van der Waals surface area contributed by atoms with Crippen molar-refractivity contribution in [1.82, 2.24) is 0 Å². The fraction of sp³-hybridized carbons (Fsp3) is 0.618. The lowest BCUT2D eigenvalue weighted by Gasteiger charge is -2.28. The van der Waals surface area contributed by atoms with Crippen molar-refractivity contribution in [1.29, 1.82) is 0 Å². The molecule has 0 aliphatic carbocycles. The van der Waals surface area contributed by atoms with Gasteiger partial charge in [-0.25, -0.2) is 0 Å². The topological polar surface area (TPSA) is 58.6 Å². The Bertz CT molecular complexity index is 992. The summed E-state index contributed by atoms with van der Waals surface area (Å²) in [5.41, 5.74) is 4.40. The number of phenolic OH excluding ortho intramolecular Hbond substituents is 1. The molecule has 212 valence electrons. The number of hydrogen-bond donors (Lipinski definition) is 2. The lowest BCUT2D eigenvalue weighted by Crippen LogP contribution is -2.18. The second kappa shape index (κ2) is 14.6. The van der Waals surface area contributed by atoms with Crippen molar-refractivity contribution in [2.75, 3.05) is 11.9 Å². The van der Waals surface area contributed by atoms with Crippen LogP contribution in [0, 0.1) is 6.92 Å². The van der Waals surface area contributed by atoms with E-state index >= 15 is 0 Å². The second-order valence-electron chi connectivity index (χ2n) is 12.9. The number of hydrogen-bond acceptors (Lipinski definition) is 3. The Morgan fingerprint density at radius 3 is 1.92 bits per heavy atom. The lowest BCUT2D eigenvalue weighted by molar-refractivity contribution is -0.116. The molecule has 2 aromatic carbocycles. The molecule has 0 saturated heterocycles. The van der Waals surface area contributed by atoms with Crippen LogP contribution in [0.5, 0.6) is 11.5 Å². The number of unbranched alkanes of at least 4 members (excludes halogenated alkanes) is 7. The first-order chi connectivity index (χ1) is 17.8. The smallest absolute Gasteiger partial charge is 0.224 e. The zero-order chi connectivity index (χ0) is 28.3. The maximum atomic E-state index is 12.8. The van der Waals surface area contributed by atoms with Gasteiger partial charge < -0.3 is 15.2 Å². The van der Waals surface area contributed by atoms with E-state index in [4.69, 9.17) is 4.74 Å². The molecule has 0 spiro atoms. The van der Waals surface area contributed by atoms with Crippen molar-refractivity contribution in [2.45, 2.75) is 130 Å². The summed E-state index contributed by atoms with van der Waals surface area (Å²) in [5.74, 6) is 1.25. The van der Waals surface area contributed by atoms with E-state index < -0.39 is 0 Å². The van der Waals surface area contributed by atoms with Crippen molar-refractivity contribution < 1.29 is 14.6 Å². The van der Waals surface area contributed by atoms with Gasteiger partial charge in [-0.05, 0) is 71.0 Å². The highest BCUT2D eigenvalue weighted by Crippen LogP contribution is 2.40. The van der Waals surface area contributed by atoms with E-state index in [0.717, 1.165) is 46.7 Å². The summed E-state index contributed by atoms with van der Waals surface area (Å²) in [6, 6.07) is 9.98. The standard InChI is InChI=1S/C34H53NO3/c1-9-10-11-12-13-14-15-16-21-38-30-19-18-27(22-25(30)2)35-31(36)20-17-26-23-28(33(3,4)5)32(37)29(24-26)34(6,7)8/h18-19,22-24,37H,9-17,20-21H2,1-8H3,(H,35,36). The molecule has 38 heavy (non-hydrogen) atoms. The number of nitrogens with one attached hydrogen (secondary N) is 1. The molecule has 0 bridgehead atoms. The van der Waals surface area contributed by atoms with Crippen molar-refractivity contribution in [3.05, 3.63) is 52.6 Å². The number of benzene rings is 2. The molecule has 0 fully saturated rings. The summed E-state index contributed by atoms with van der Waals surface area (Å²) in [6.45, 7) is 17.7. The van der Waals surface area contributed by atoms with Crippen molar-refractivity contribution >= 4 is 11.6 Å². The van der Waals surface area contributed by atoms with Crippen LogP contribution in [0.2, 0.25) is 0 Å². The van der Waals surface area contributed by atoms with E-state index in [9.17, 15) is 9.90 Å². The third-order valence-electron chi connectivity index (χ3n) is 7.14. The molecule has 0 radical (unpaired) electrons. The van der Waals surface area contributed by atoms with Gasteiger partial charge in [-0.1, -0.05) is 106 Å². The highest BCUT2D eigenvalue weighted by Gasteiger charge is 2.26. The number of ether oxygens (including phenoxy) is 1. The zero-order valence-corrected chi connectivity index (χ0v) is 25.4. The van der Waals surface area contributed by atoms with Crippen LogP contribution in [-0.4, -0.2) is 17.6 Å². The van der Waals surface area contributed by atoms with Crippen LogP contribution in [0.1, 0.15) is 129 Å². The number of carbonyl (C=O) groups is 1. The van der Waals surface area contributed by atoms with E-state index in [0.29, 0.717) is 18.6 Å². The molecule has 4 nitrogen and oxygen atoms in total. The first-order valence-corrected chi connectivity index (χ1v) is 14.7. The van der Waals surface area contributed by atoms with Crippen molar-refractivity contribution in [3.63, 3.8) is 0 Å². The average molecular weight is 524 g/mol. The Morgan fingerprint density at radius 1 is 0.842 bits per heavy atom. The largest absolute Gasteiger partial charge is 0.507 e. The monoisotopic (exact) mass is 523 g/mol. The number of aromatic hydroxyl groups is 1. The van der Waals surface area contributed by atoms with Crippen molar-refractivity contribution in [2.24, 2.45) is 0 Å². The van der Waals surface area contributed by atoms with E-state index in [1.54, 1.807) is 0 Å². The first kappa shape index (κ1) is 31.7. The van der Waals surface area contributed by atoms with E-state index in [1.165, 1.54) is 44.9 Å². The Labute approximate surface area is 232 Å². The summed E-state index contributed by atoms with van der Waals surface area (Å²) in [6.07, 6.45) is 11.3. The Balaban J connectivity index is 1.88. The molecule has 2 N–H and O–H groups in total. The van der Waals surface area contributed by atoms with Gasteiger partial charge in [-0.15, -0.1) is 0 Å². The van der Waals surface area contributed by atoms with Crippen LogP contribution in [0.25, 0.3) is 0 Å². The third-order valence-corrected chi connectivity index (χ3v) is 7.14. The zero-order valence-electron chi connectivity index (χ0n) is 25.4. The number of aryl methyl sites for hydroxylation is 2. The van der Waals surface area contributed by atoms with Gasteiger partial charge in [-0.2, -0.15) is 0 Å². The minimum atomic E-state index is -0.183. The molecule has 2 aromatic rings. The van der Waals surface area contributed by atoms with E-state index in [-0.39, 0.29) is 16.7 Å². The molecular formula is C34H53NO3. The average Bonchev–Trinajstić information content (AvgIpc) is 2.82. The highest BCUT2D eigenvalue weighted by molar-refractivity contribution is 5.91. The van der Waals surface area contributed by atoms with Gasteiger partial charge in [0.2, 0.25) is 5.91 Å². The maximum absolute atomic E-state index is 12.8. The quantitative estimate of drug-likeness (QED) is 0.242. The van der Waals surface area contributed by atoms with Gasteiger partial charge in [0.25, 0.3) is 0 Å². The minimum Gasteiger partial charge on any atom is -0.507 e. The molecule has 0 atom stereocenters. The van der Waals surface area contributed by atoms with Gasteiger partial charge in [0, 0.05) is 12.1 Å². The number of rotatable bonds is 14. The fourth-order valence-electron chi connectivity index (χ4n) is 4.77. The summed E-state index contributed by atoms with van der Waals surface area (Å²) >= 11 is 0. The molecular weight excluding hydrogens is 470 g/mol. The van der Waals surface area contributed by atoms with Crippen LogP contribution >= 0.6 is 0 Å². The summed E-state index contributed by atoms with van der Waals surface area (Å²) < 4.78 is 6.00. The van der Waals surface area contributed by atoms with Crippen LogP contribution in [0.3, 0.4) is 0 Å². The minimum absolute atomic E-state index is 0.0142.